The molecule has 33 heavy (non-hydrogen) atoms. The zero-order chi connectivity index (χ0) is 23.5. The van der Waals surface area contributed by atoms with Crippen LogP contribution >= 0.6 is 22.6 Å². The van der Waals surface area contributed by atoms with E-state index in [1.807, 2.05) is 6.92 Å². The molecule has 0 atom stereocenters. The summed E-state index contributed by atoms with van der Waals surface area (Å²) >= 11 is 2.06. The van der Waals surface area contributed by atoms with E-state index >= 15 is 0 Å². The van der Waals surface area contributed by atoms with Crippen molar-refractivity contribution in [2.75, 3.05) is 4.90 Å². The van der Waals surface area contributed by atoms with E-state index in [1.165, 1.54) is 12.1 Å². The molecule has 0 aliphatic carbocycles. The zero-order valence-electron chi connectivity index (χ0n) is 17.5. The van der Waals surface area contributed by atoms with Gasteiger partial charge in [0, 0.05) is 5.56 Å². The number of amides is 4. The van der Waals surface area contributed by atoms with Gasteiger partial charge in [-0.2, -0.15) is 0 Å². The summed E-state index contributed by atoms with van der Waals surface area (Å²) in [4.78, 5) is 38.6. The maximum atomic E-state index is 13.8. The van der Waals surface area contributed by atoms with Gasteiger partial charge in [-0.05, 0) is 71.5 Å². The van der Waals surface area contributed by atoms with E-state index < -0.39 is 17.8 Å². The van der Waals surface area contributed by atoms with Crippen molar-refractivity contribution < 1.29 is 23.5 Å². The molecule has 0 spiro atoms. The van der Waals surface area contributed by atoms with E-state index in [9.17, 15) is 18.8 Å². The van der Waals surface area contributed by atoms with Gasteiger partial charge in [-0.25, -0.2) is 14.1 Å². The number of nitrogens with one attached hydrogen (secondary N) is 1. The van der Waals surface area contributed by atoms with Crippen LogP contribution in [0.4, 0.5) is 14.9 Å². The fraction of sp³-hybridized carbons (Fsp3) is 0.0800. The lowest BCUT2D eigenvalue weighted by Crippen LogP contribution is -2.54. The van der Waals surface area contributed by atoms with Gasteiger partial charge in [-0.1, -0.05) is 42.0 Å². The molecule has 166 valence electrons. The van der Waals surface area contributed by atoms with Crippen LogP contribution in [0.3, 0.4) is 0 Å². The molecule has 0 unspecified atom stereocenters. The van der Waals surface area contributed by atoms with Gasteiger partial charge in [-0.15, -0.1) is 0 Å². The summed E-state index contributed by atoms with van der Waals surface area (Å²) in [7, 11) is 0. The van der Waals surface area contributed by atoms with Crippen LogP contribution in [0.15, 0.2) is 72.3 Å². The molecule has 0 bridgehead atoms. The fourth-order valence-corrected chi connectivity index (χ4v) is 3.94. The standard InChI is InChI=1S/C25H18FIN2O4/c1-15-6-9-18(10-7-15)29-24(31)19(23(30)28-25(29)32)12-16-8-11-22(21(27)13-16)33-14-17-4-2-3-5-20(17)26/h2-13H,14H2,1H3,(H,28,30,32)/b19-12+. The summed E-state index contributed by atoms with van der Waals surface area (Å²) in [5, 5.41) is 2.21. The SMILES string of the molecule is Cc1ccc(N2C(=O)NC(=O)/C(=C\c3ccc(OCc4ccccc4F)c(I)c3)C2=O)cc1. The van der Waals surface area contributed by atoms with Crippen molar-refractivity contribution in [1.82, 2.24) is 5.32 Å². The summed E-state index contributed by atoms with van der Waals surface area (Å²) in [6.45, 7) is 1.96. The normalized spacial score (nSPS) is 15.1. The Hall–Kier alpha value is -3.53. The third-order valence-corrected chi connectivity index (χ3v) is 5.84. The molecule has 0 radical (unpaired) electrons. The van der Waals surface area contributed by atoms with Crippen LogP contribution in [-0.2, 0) is 16.2 Å². The summed E-state index contributed by atoms with van der Waals surface area (Å²) < 4.78 is 20.2. The Morgan fingerprint density at radius 3 is 2.45 bits per heavy atom. The van der Waals surface area contributed by atoms with Crippen molar-refractivity contribution in [3.8, 4) is 5.75 Å². The number of anilines is 1. The number of ether oxygens (including phenoxy) is 1. The van der Waals surface area contributed by atoms with Crippen molar-refractivity contribution in [2.45, 2.75) is 13.5 Å². The minimum atomic E-state index is -0.794. The van der Waals surface area contributed by atoms with Crippen molar-refractivity contribution in [1.29, 1.82) is 0 Å². The third kappa shape index (κ3) is 4.95. The van der Waals surface area contributed by atoms with Crippen molar-refractivity contribution in [3.63, 3.8) is 0 Å². The van der Waals surface area contributed by atoms with Crippen LogP contribution in [0, 0.1) is 16.3 Å². The molecule has 0 saturated carbocycles. The second-order valence-corrected chi connectivity index (χ2v) is 8.53. The monoisotopic (exact) mass is 556 g/mol. The van der Waals surface area contributed by atoms with E-state index in [1.54, 1.807) is 60.7 Å². The van der Waals surface area contributed by atoms with Crippen LogP contribution in [-0.4, -0.2) is 17.8 Å². The number of carbonyl (C=O) groups is 3. The summed E-state index contributed by atoms with van der Waals surface area (Å²) in [6.07, 6.45) is 1.42. The summed E-state index contributed by atoms with van der Waals surface area (Å²) in [5.41, 5.74) is 2.19. The number of imide groups is 2. The first-order chi connectivity index (χ1) is 15.8. The molecule has 1 heterocycles. The average molecular weight is 556 g/mol. The topological polar surface area (TPSA) is 75.7 Å². The van der Waals surface area contributed by atoms with E-state index in [2.05, 4.69) is 27.9 Å². The Bertz CT molecular complexity index is 1290. The first kappa shape index (κ1) is 22.7. The zero-order valence-corrected chi connectivity index (χ0v) is 19.6. The molecule has 1 saturated heterocycles. The number of aryl methyl sites for hydroxylation is 1. The smallest absolute Gasteiger partial charge is 0.335 e. The third-order valence-electron chi connectivity index (χ3n) is 5.00. The lowest BCUT2D eigenvalue weighted by molar-refractivity contribution is -0.122. The number of nitrogens with zero attached hydrogens (tertiary/aromatic N) is 1. The molecular formula is C25H18FIN2O4. The first-order valence-electron chi connectivity index (χ1n) is 9.97. The van der Waals surface area contributed by atoms with Crippen LogP contribution in [0.1, 0.15) is 16.7 Å². The van der Waals surface area contributed by atoms with Crippen molar-refractivity contribution in [3.05, 3.63) is 98.4 Å². The Balaban J connectivity index is 1.57. The number of urea groups is 1. The van der Waals surface area contributed by atoms with E-state index in [-0.39, 0.29) is 18.0 Å². The minimum absolute atomic E-state index is 0.0671. The van der Waals surface area contributed by atoms with Crippen LogP contribution in [0.25, 0.3) is 6.08 Å². The molecule has 4 amide bonds. The van der Waals surface area contributed by atoms with Gasteiger partial charge in [0.2, 0.25) is 0 Å². The highest BCUT2D eigenvalue weighted by Gasteiger charge is 2.36. The summed E-state index contributed by atoms with van der Waals surface area (Å²) in [5.74, 6) is -1.27. The molecule has 4 rings (SSSR count). The lowest BCUT2D eigenvalue weighted by Gasteiger charge is -2.26. The molecule has 1 aliphatic rings. The second-order valence-electron chi connectivity index (χ2n) is 7.36. The predicted molar refractivity (Wildman–Crippen MR) is 130 cm³/mol. The molecule has 3 aromatic carbocycles. The highest BCUT2D eigenvalue weighted by atomic mass is 127. The maximum Gasteiger partial charge on any atom is 0.335 e. The van der Waals surface area contributed by atoms with Crippen molar-refractivity contribution in [2.24, 2.45) is 0 Å². The molecule has 0 aromatic heterocycles. The fourth-order valence-electron chi connectivity index (χ4n) is 3.25. The molecular weight excluding hydrogens is 538 g/mol. The van der Waals surface area contributed by atoms with Crippen LogP contribution in [0.5, 0.6) is 5.75 Å². The number of halogens is 2. The van der Waals surface area contributed by atoms with E-state index in [0.717, 1.165) is 10.5 Å². The molecule has 1 aliphatic heterocycles. The van der Waals surface area contributed by atoms with Crippen LogP contribution < -0.4 is 15.0 Å². The van der Waals surface area contributed by atoms with Gasteiger partial charge in [0.15, 0.2) is 0 Å². The Labute approximate surface area is 203 Å². The quantitative estimate of drug-likeness (QED) is 0.273. The van der Waals surface area contributed by atoms with Crippen molar-refractivity contribution >= 4 is 52.2 Å². The lowest BCUT2D eigenvalue weighted by atomic mass is 10.1. The van der Waals surface area contributed by atoms with Gasteiger partial charge >= 0.3 is 6.03 Å². The highest BCUT2D eigenvalue weighted by Crippen LogP contribution is 2.26. The predicted octanol–water partition coefficient (Wildman–Crippen LogP) is 4.98. The largest absolute Gasteiger partial charge is 0.488 e. The van der Waals surface area contributed by atoms with Gasteiger partial charge in [0.05, 0.1) is 9.26 Å². The van der Waals surface area contributed by atoms with Gasteiger partial charge in [-0.3, -0.25) is 14.9 Å². The maximum absolute atomic E-state index is 13.8. The molecule has 1 N–H and O–H groups in total. The highest BCUT2D eigenvalue weighted by molar-refractivity contribution is 14.1. The van der Waals surface area contributed by atoms with Gasteiger partial charge in [0.25, 0.3) is 11.8 Å². The van der Waals surface area contributed by atoms with E-state index in [0.29, 0.717) is 26.1 Å². The molecule has 3 aromatic rings. The van der Waals surface area contributed by atoms with Gasteiger partial charge in [0.1, 0.15) is 23.7 Å². The second kappa shape index (κ2) is 9.53. The number of carbonyl (C=O) groups excluding carboxylic acids is 3. The average Bonchev–Trinajstić information content (AvgIpc) is 2.78. The minimum Gasteiger partial charge on any atom is -0.488 e. The Kier molecular flexibility index (Phi) is 6.55. The molecule has 6 nitrogen and oxygen atoms in total. The number of barbiturate groups is 1. The molecule has 8 heteroatoms. The first-order valence-corrected chi connectivity index (χ1v) is 11.1. The van der Waals surface area contributed by atoms with Crippen LogP contribution in [0.2, 0.25) is 0 Å². The number of hydrogen-bond acceptors (Lipinski definition) is 4. The number of rotatable bonds is 5. The molecule has 1 fully saturated rings. The number of benzene rings is 3. The van der Waals surface area contributed by atoms with E-state index in [4.69, 9.17) is 4.74 Å². The number of hydrogen-bond donors (Lipinski definition) is 1. The Morgan fingerprint density at radius 2 is 1.76 bits per heavy atom. The Morgan fingerprint density at radius 1 is 1.03 bits per heavy atom. The van der Waals surface area contributed by atoms with Gasteiger partial charge < -0.3 is 4.74 Å². The summed E-state index contributed by atoms with van der Waals surface area (Å²) in [6, 6.07) is 17.5.